The van der Waals surface area contributed by atoms with Gasteiger partial charge < -0.3 is 0 Å². The van der Waals surface area contributed by atoms with Gasteiger partial charge in [0.05, 0.1) is 0 Å². The minimum atomic E-state index is 0.638. The smallest absolute Gasteiger partial charge is 0.150 e. The number of carbonyl (C=O) groups excluding carboxylic acids is 1. The van der Waals surface area contributed by atoms with Crippen LogP contribution in [-0.4, -0.2) is 6.29 Å². The first-order valence-corrected chi connectivity index (χ1v) is 4.99. The van der Waals surface area contributed by atoms with E-state index in [1.54, 1.807) is 18.2 Å². The second kappa shape index (κ2) is 4.28. The van der Waals surface area contributed by atoms with Gasteiger partial charge in [-0.1, -0.05) is 41.9 Å². The highest BCUT2D eigenvalue weighted by atomic mass is 35.5. The van der Waals surface area contributed by atoms with Crippen LogP contribution in [0.4, 0.5) is 0 Å². The Kier molecular flexibility index (Phi) is 2.84. The lowest BCUT2D eigenvalue weighted by Crippen LogP contribution is -1.86. The van der Waals surface area contributed by atoms with Gasteiger partial charge in [0.15, 0.2) is 6.29 Å². The molecule has 0 bridgehead atoms. The summed E-state index contributed by atoms with van der Waals surface area (Å²) in [5.74, 6) is 0. The van der Waals surface area contributed by atoms with E-state index in [9.17, 15) is 4.79 Å². The van der Waals surface area contributed by atoms with Crippen molar-refractivity contribution in [1.82, 2.24) is 0 Å². The Morgan fingerprint density at radius 3 is 2.40 bits per heavy atom. The maximum absolute atomic E-state index is 10.9. The zero-order valence-corrected chi connectivity index (χ0v) is 8.74. The number of halogens is 1. The van der Waals surface area contributed by atoms with Crippen molar-refractivity contribution >= 4 is 17.9 Å². The topological polar surface area (TPSA) is 17.1 Å². The molecule has 0 aliphatic heterocycles. The van der Waals surface area contributed by atoms with Crippen LogP contribution in [0.2, 0.25) is 5.02 Å². The van der Waals surface area contributed by atoms with Crippen molar-refractivity contribution in [3.8, 4) is 11.1 Å². The van der Waals surface area contributed by atoms with Crippen molar-refractivity contribution in [2.75, 3.05) is 0 Å². The molecule has 15 heavy (non-hydrogen) atoms. The van der Waals surface area contributed by atoms with E-state index in [2.05, 4.69) is 0 Å². The number of aldehydes is 1. The molecule has 0 aromatic heterocycles. The molecular formula is C13H9ClO. The Balaban J connectivity index is 2.61. The molecule has 0 spiro atoms. The van der Waals surface area contributed by atoms with Gasteiger partial charge in [-0.25, -0.2) is 0 Å². The monoisotopic (exact) mass is 216 g/mol. The third-order valence-corrected chi connectivity index (χ3v) is 2.46. The first-order chi connectivity index (χ1) is 7.31. The lowest BCUT2D eigenvalue weighted by atomic mass is 10.0. The number of hydrogen-bond acceptors (Lipinski definition) is 1. The second-order valence-electron chi connectivity index (χ2n) is 3.22. The molecule has 2 aromatic carbocycles. The van der Waals surface area contributed by atoms with E-state index in [1.807, 2.05) is 30.3 Å². The summed E-state index contributed by atoms with van der Waals surface area (Å²) in [5.41, 5.74) is 2.53. The maximum atomic E-state index is 10.9. The van der Waals surface area contributed by atoms with E-state index >= 15 is 0 Å². The molecule has 2 aromatic rings. The fourth-order valence-corrected chi connectivity index (χ4v) is 1.67. The third kappa shape index (κ3) is 2.08. The molecule has 0 aliphatic carbocycles. The molecule has 0 heterocycles. The highest BCUT2D eigenvalue weighted by molar-refractivity contribution is 6.31. The number of benzene rings is 2. The molecule has 0 unspecified atom stereocenters. The molecule has 0 saturated heterocycles. The van der Waals surface area contributed by atoms with Gasteiger partial charge in [-0.2, -0.15) is 0 Å². The van der Waals surface area contributed by atoms with Crippen LogP contribution >= 0.6 is 11.6 Å². The zero-order chi connectivity index (χ0) is 10.7. The number of carbonyl (C=O) groups is 1. The Morgan fingerprint density at radius 1 is 1.00 bits per heavy atom. The van der Waals surface area contributed by atoms with Crippen LogP contribution in [0.25, 0.3) is 11.1 Å². The van der Waals surface area contributed by atoms with Gasteiger partial charge in [0.25, 0.3) is 0 Å². The Hall–Kier alpha value is -1.60. The van der Waals surface area contributed by atoms with Crippen LogP contribution in [0.15, 0.2) is 48.5 Å². The molecule has 0 radical (unpaired) electrons. The molecule has 2 heteroatoms. The summed E-state index contributed by atoms with van der Waals surface area (Å²) in [4.78, 5) is 10.9. The largest absolute Gasteiger partial charge is 0.298 e. The van der Waals surface area contributed by atoms with Crippen molar-refractivity contribution in [2.45, 2.75) is 0 Å². The van der Waals surface area contributed by atoms with Crippen LogP contribution in [-0.2, 0) is 0 Å². The van der Waals surface area contributed by atoms with Gasteiger partial charge in [-0.3, -0.25) is 4.79 Å². The third-order valence-electron chi connectivity index (χ3n) is 2.23. The second-order valence-corrected chi connectivity index (χ2v) is 3.65. The van der Waals surface area contributed by atoms with E-state index in [0.29, 0.717) is 10.6 Å². The predicted molar refractivity (Wildman–Crippen MR) is 62.3 cm³/mol. The van der Waals surface area contributed by atoms with Gasteiger partial charge in [0.1, 0.15) is 0 Å². The molecule has 0 fully saturated rings. The van der Waals surface area contributed by atoms with Gasteiger partial charge >= 0.3 is 0 Å². The highest BCUT2D eigenvalue weighted by Gasteiger charge is 2.04. The summed E-state index contributed by atoms with van der Waals surface area (Å²) in [6.07, 6.45) is 0.846. The fraction of sp³-hybridized carbons (Fsp3) is 0. The molecule has 0 saturated carbocycles. The maximum Gasteiger partial charge on any atom is 0.150 e. The minimum Gasteiger partial charge on any atom is -0.298 e. The van der Waals surface area contributed by atoms with E-state index in [4.69, 9.17) is 11.6 Å². The van der Waals surface area contributed by atoms with E-state index in [1.165, 1.54) is 0 Å². The van der Waals surface area contributed by atoms with Crippen molar-refractivity contribution in [1.29, 1.82) is 0 Å². The first-order valence-electron chi connectivity index (χ1n) is 4.61. The summed E-state index contributed by atoms with van der Waals surface area (Å²) < 4.78 is 0. The van der Waals surface area contributed by atoms with Gasteiger partial charge in [0.2, 0.25) is 0 Å². The molecule has 0 aliphatic rings. The SMILES string of the molecule is O=Cc1ccc(Cl)cc1-c1ccccc1. The normalized spacial score (nSPS) is 9.93. The highest BCUT2D eigenvalue weighted by Crippen LogP contribution is 2.25. The average molecular weight is 217 g/mol. The van der Waals surface area contributed by atoms with Crippen molar-refractivity contribution in [2.24, 2.45) is 0 Å². The van der Waals surface area contributed by atoms with Crippen LogP contribution < -0.4 is 0 Å². The van der Waals surface area contributed by atoms with E-state index in [0.717, 1.165) is 17.4 Å². The fourth-order valence-electron chi connectivity index (χ4n) is 1.50. The van der Waals surface area contributed by atoms with Crippen molar-refractivity contribution in [3.63, 3.8) is 0 Å². The van der Waals surface area contributed by atoms with Gasteiger partial charge in [-0.05, 0) is 29.3 Å². The summed E-state index contributed by atoms with van der Waals surface area (Å²) >= 11 is 5.91. The first kappa shape index (κ1) is 9.94. The number of hydrogen-bond donors (Lipinski definition) is 0. The molecule has 0 N–H and O–H groups in total. The molecule has 1 nitrogen and oxygen atoms in total. The Labute approximate surface area is 93.3 Å². The summed E-state index contributed by atoms with van der Waals surface area (Å²) in [5, 5.41) is 0.638. The average Bonchev–Trinajstić information content (AvgIpc) is 2.30. The molecule has 0 atom stereocenters. The van der Waals surface area contributed by atoms with Crippen molar-refractivity contribution < 1.29 is 4.79 Å². The van der Waals surface area contributed by atoms with Gasteiger partial charge in [-0.15, -0.1) is 0 Å². The van der Waals surface area contributed by atoms with Gasteiger partial charge in [0, 0.05) is 10.6 Å². The number of rotatable bonds is 2. The van der Waals surface area contributed by atoms with Crippen molar-refractivity contribution in [3.05, 3.63) is 59.1 Å². The quantitative estimate of drug-likeness (QED) is 0.698. The summed E-state index contributed by atoms with van der Waals surface area (Å²) in [6.45, 7) is 0. The van der Waals surface area contributed by atoms with Crippen LogP contribution in [0, 0.1) is 0 Å². The van der Waals surface area contributed by atoms with E-state index < -0.39 is 0 Å². The zero-order valence-electron chi connectivity index (χ0n) is 7.98. The van der Waals surface area contributed by atoms with Crippen LogP contribution in [0.1, 0.15) is 10.4 Å². The molecule has 2 rings (SSSR count). The minimum absolute atomic E-state index is 0.638. The summed E-state index contributed by atoms with van der Waals surface area (Å²) in [7, 11) is 0. The van der Waals surface area contributed by atoms with Crippen LogP contribution in [0.3, 0.4) is 0 Å². The molecule has 0 amide bonds. The standard InChI is InChI=1S/C13H9ClO/c14-12-7-6-11(9-15)13(8-12)10-4-2-1-3-5-10/h1-9H. The summed E-state index contributed by atoms with van der Waals surface area (Å²) in [6, 6.07) is 15.0. The van der Waals surface area contributed by atoms with Crippen LogP contribution in [0.5, 0.6) is 0 Å². The predicted octanol–water partition coefficient (Wildman–Crippen LogP) is 3.82. The lowest BCUT2D eigenvalue weighted by Gasteiger charge is -2.05. The Bertz CT molecular complexity index is 477. The van der Waals surface area contributed by atoms with E-state index in [-0.39, 0.29) is 0 Å². The molecular weight excluding hydrogens is 208 g/mol. The lowest BCUT2D eigenvalue weighted by molar-refractivity contribution is 0.112. The Morgan fingerprint density at radius 2 is 1.73 bits per heavy atom. The molecule has 74 valence electrons.